The second-order valence-corrected chi connectivity index (χ2v) is 3.29. The number of hydrogen-bond acceptors (Lipinski definition) is 2. The fourth-order valence-corrected chi connectivity index (χ4v) is 1.13. The highest BCUT2D eigenvalue weighted by atomic mass is 19.4. The van der Waals surface area contributed by atoms with Crippen molar-refractivity contribution < 1.29 is 18.0 Å². The van der Waals surface area contributed by atoms with Crippen LogP contribution in [0.5, 0.6) is 0 Å². The first-order valence-corrected chi connectivity index (χ1v) is 4.26. The molecule has 1 amide bonds. The van der Waals surface area contributed by atoms with Crippen molar-refractivity contribution in [3.63, 3.8) is 0 Å². The molecule has 0 saturated heterocycles. The van der Waals surface area contributed by atoms with Gasteiger partial charge in [0, 0.05) is 32.5 Å². The van der Waals surface area contributed by atoms with Gasteiger partial charge in [0.15, 0.2) is 0 Å². The van der Waals surface area contributed by atoms with Gasteiger partial charge in [0.25, 0.3) is 0 Å². The van der Waals surface area contributed by atoms with E-state index in [1.165, 1.54) is 6.08 Å². The SMILES string of the molecule is CN(C)C1=CCN(C(=O)C(F)(F)F)C=C1. The molecule has 0 radical (unpaired) electrons. The zero-order valence-electron chi connectivity index (χ0n) is 8.38. The van der Waals surface area contributed by atoms with E-state index < -0.39 is 12.1 Å². The number of halogens is 3. The highest BCUT2D eigenvalue weighted by Crippen LogP contribution is 2.20. The summed E-state index contributed by atoms with van der Waals surface area (Å²) < 4.78 is 36.1. The zero-order chi connectivity index (χ0) is 11.6. The highest BCUT2D eigenvalue weighted by molar-refractivity contribution is 5.83. The van der Waals surface area contributed by atoms with Gasteiger partial charge in [-0.2, -0.15) is 13.2 Å². The van der Waals surface area contributed by atoms with Crippen LogP contribution in [0.25, 0.3) is 0 Å². The zero-order valence-corrected chi connectivity index (χ0v) is 8.38. The molecule has 1 aliphatic heterocycles. The average Bonchev–Trinajstić information content (AvgIpc) is 2.15. The molecule has 0 aromatic heterocycles. The van der Waals surface area contributed by atoms with Gasteiger partial charge < -0.3 is 9.80 Å². The minimum absolute atomic E-state index is 0.0532. The largest absolute Gasteiger partial charge is 0.471 e. The molecule has 1 heterocycles. The van der Waals surface area contributed by atoms with Crippen LogP contribution in [0.2, 0.25) is 0 Å². The van der Waals surface area contributed by atoms with Gasteiger partial charge in [0.1, 0.15) is 0 Å². The Labute approximate surface area is 85.5 Å². The van der Waals surface area contributed by atoms with Gasteiger partial charge in [-0.1, -0.05) is 0 Å². The van der Waals surface area contributed by atoms with Gasteiger partial charge in [0.2, 0.25) is 0 Å². The van der Waals surface area contributed by atoms with Crippen molar-refractivity contribution in [3.05, 3.63) is 24.0 Å². The maximum absolute atomic E-state index is 12.0. The number of hydrogen-bond donors (Lipinski definition) is 0. The van der Waals surface area contributed by atoms with Crippen LogP contribution in [0.15, 0.2) is 24.0 Å². The minimum Gasteiger partial charge on any atom is -0.378 e. The monoisotopic (exact) mass is 220 g/mol. The first-order valence-electron chi connectivity index (χ1n) is 4.26. The lowest BCUT2D eigenvalue weighted by atomic mass is 10.2. The average molecular weight is 220 g/mol. The molecule has 6 heteroatoms. The summed E-state index contributed by atoms with van der Waals surface area (Å²) in [7, 11) is 3.55. The van der Waals surface area contributed by atoms with E-state index in [0.29, 0.717) is 4.90 Å². The number of alkyl halides is 3. The second kappa shape index (κ2) is 3.96. The minimum atomic E-state index is -4.81. The van der Waals surface area contributed by atoms with Crippen molar-refractivity contribution >= 4 is 5.91 Å². The molecule has 0 spiro atoms. The molecule has 3 nitrogen and oxygen atoms in total. The van der Waals surface area contributed by atoms with Crippen LogP contribution in [0.3, 0.4) is 0 Å². The number of nitrogens with zero attached hydrogens (tertiary/aromatic N) is 2. The van der Waals surface area contributed by atoms with Crippen molar-refractivity contribution in [2.75, 3.05) is 20.6 Å². The van der Waals surface area contributed by atoms with Crippen LogP contribution in [-0.2, 0) is 4.79 Å². The van der Waals surface area contributed by atoms with Crippen LogP contribution in [0, 0.1) is 0 Å². The Morgan fingerprint density at radius 1 is 1.47 bits per heavy atom. The van der Waals surface area contributed by atoms with E-state index in [2.05, 4.69) is 0 Å². The quantitative estimate of drug-likeness (QED) is 0.666. The molecule has 84 valence electrons. The molecule has 0 atom stereocenters. The molecule has 0 aromatic rings. The molecule has 15 heavy (non-hydrogen) atoms. The summed E-state index contributed by atoms with van der Waals surface area (Å²) in [6.07, 6.45) is -0.643. The molecule has 0 aromatic carbocycles. The Balaban J connectivity index is 2.68. The molecule has 0 unspecified atom stereocenters. The van der Waals surface area contributed by atoms with E-state index >= 15 is 0 Å². The number of amides is 1. The van der Waals surface area contributed by atoms with Gasteiger partial charge >= 0.3 is 12.1 Å². The Morgan fingerprint density at radius 2 is 2.07 bits per heavy atom. The molecular formula is C9H11F3N2O. The van der Waals surface area contributed by atoms with Crippen LogP contribution in [-0.4, -0.2) is 42.5 Å². The normalized spacial score (nSPS) is 16.3. The van der Waals surface area contributed by atoms with Crippen molar-refractivity contribution in [3.8, 4) is 0 Å². The molecular weight excluding hydrogens is 209 g/mol. The summed E-state index contributed by atoms with van der Waals surface area (Å²) in [4.78, 5) is 13.2. The van der Waals surface area contributed by atoms with E-state index in [-0.39, 0.29) is 6.54 Å². The Hall–Kier alpha value is -1.46. The molecule has 0 fully saturated rings. The highest BCUT2D eigenvalue weighted by Gasteiger charge is 2.41. The number of likely N-dealkylation sites (N-methyl/N-ethyl adjacent to an activating group) is 1. The first kappa shape index (κ1) is 11.6. The Kier molecular flexibility index (Phi) is 3.06. The van der Waals surface area contributed by atoms with Gasteiger partial charge in [-0.15, -0.1) is 0 Å². The number of carbonyl (C=O) groups is 1. The van der Waals surface area contributed by atoms with E-state index in [9.17, 15) is 18.0 Å². The lowest BCUT2D eigenvalue weighted by Gasteiger charge is -2.24. The second-order valence-electron chi connectivity index (χ2n) is 3.29. The van der Waals surface area contributed by atoms with Gasteiger partial charge in [-0.3, -0.25) is 4.79 Å². The molecule has 1 rings (SSSR count). The van der Waals surface area contributed by atoms with E-state index in [1.807, 2.05) is 0 Å². The Morgan fingerprint density at radius 3 is 2.40 bits per heavy atom. The predicted molar refractivity (Wildman–Crippen MR) is 48.7 cm³/mol. The Bertz CT molecular complexity index is 318. The summed E-state index contributed by atoms with van der Waals surface area (Å²) in [6.45, 7) is -0.0532. The maximum atomic E-state index is 12.0. The third-order valence-electron chi connectivity index (χ3n) is 1.94. The van der Waals surface area contributed by atoms with Crippen LogP contribution in [0.4, 0.5) is 13.2 Å². The topological polar surface area (TPSA) is 23.6 Å². The van der Waals surface area contributed by atoms with Crippen LogP contribution in [0.1, 0.15) is 0 Å². The van der Waals surface area contributed by atoms with Crippen molar-refractivity contribution in [1.82, 2.24) is 9.80 Å². The summed E-state index contributed by atoms with van der Waals surface area (Å²) in [6, 6.07) is 0. The molecule has 0 N–H and O–H groups in total. The van der Waals surface area contributed by atoms with Gasteiger partial charge in [-0.25, -0.2) is 0 Å². The lowest BCUT2D eigenvalue weighted by molar-refractivity contribution is -0.182. The van der Waals surface area contributed by atoms with E-state index in [1.54, 1.807) is 25.1 Å². The lowest BCUT2D eigenvalue weighted by Crippen LogP contribution is -2.39. The number of carbonyl (C=O) groups excluding carboxylic acids is 1. The van der Waals surface area contributed by atoms with Crippen LogP contribution >= 0.6 is 0 Å². The van der Waals surface area contributed by atoms with E-state index in [0.717, 1.165) is 11.9 Å². The first-order chi connectivity index (χ1) is 6.82. The molecule has 1 aliphatic rings. The summed E-state index contributed by atoms with van der Waals surface area (Å²) >= 11 is 0. The molecule has 0 bridgehead atoms. The van der Waals surface area contributed by atoms with Gasteiger partial charge in [0.05, 0.1) is 0 Å². The fraction of sp³-hybridized carbons (Fsp3) is 0.444. The van der Waals surface area contributed by atoms with Crippen LogP contribution < -0.4 is 0 Å². The fourth-order valence-electron chi connectivity index (χ4n) is 1.13. The van der Waals surface area contributed by atoms with Crippen molar-refractivity contribution in [2.45, 2.75) is 6.18 Å². The summed E-state index contributed by atoms with van der Waals surface area (Å²) in [5.41, 5.74) is 0.779. The van der Waals surface area contributed by atoms with Crippen molar-refractivity contribution in [2.24, 2.45) is 0 Å². The maximum Gasteiger partial charge on any atom is 0.471 e. The molecule has 0 aliphatic carbocycles. The standard InChI is InChI=1S/C9H11F3N2O/c1-13(2)7-3-5-14(6-4-7)8(15)9(10,11)12/h3-5H,6H2,1-2H3. The predicted octanol–water partition coefficient (Wildman–Crippen LogP) is 1.35. The number of rotatable bonds is 1. The summed E-state index contributed by atoms with van der Waals surface area (Å²) in [5, 5.41) is 0. The smallest absolute Gasteiger partial charge is 0.378 e. The third kappa shape index (κ3) is 2.74. The van der Waals surface area contributed by atoms with Crippen molar-refractivity contribution in [1.29, 1.82) is 0 Å². The van der Waals surface area contributed by atoms with E-state index in [4.69, 9.17) is 0 Å². The summed E-state index contributed by atoms with van der Waals surface area (Å²) in [5.74, 6) is -1.84. The van der Waals surface area contributed by atoms with Gasteiger partial charge in [-0.05, 0) is 12.2 Å². The number of allylic oxidation sites excluding steroid dienone is 1. The third-order valence-corrected chi connectivity index (χ3v) is 1.94. The molecule has 0 saturated carbocycles.